The van der Waals surface area contributed by atoms with Crippen molar-refractivity contribution in [1.29, 1.82) is 5.26 Å². The third-order valence-corrected chi connectivity index (χ3v) is 2.08. The highest BCUT2D eigenvalue weighted by atomic mass is 16.1. The van der Waals surface area contributed by atoms with E-state index in [-0.39, 0.29) is 12.5 Å². The molecular formula is C9H15N3O. The summed E-state index contributed by atoms with van der Waals surface area (Å²) in [7, 11) is 0. The maximum Gasteiger partial charge on any atom is 0.234 e. The summed E-state index contributed by atoms with van der Waals surface area (Å²) in [6.45, 7) is 1.34. The molecule has 2 N–H and O–H groups in total. The summed E-state index contributed by atoms with van der Waals surface area (Å²) >= 11 is 0. The zero-order chi connectivity index (χ0) is 9.52. The molecule has 0 aliphatic heterocycles. The monoisotopic (exact) mass is 181 g/mol. The van der Waals surface area contributed by atoms with E-state index in [1.54, 1.807) is 0 Å². The maximum atomic E-state index is 10.9. The number of nitrogens with zero attached hydrogens (tertiary/aromatic N) is 1. The van der Waals surface area contributed by atoms with Gasteiger partial charge in [0, 0.05) is 0 Å². The van der Waals surface area contributed by atoms with Gasteiger partial charge in [-0.2, -0.15) is 5.26 Å². The molecule has 72 valence electrons. The van der Waals surface area contributed by atoms with Gasteiger partial charge in [0.25, 0.3) is 0 Å². The van der Waals surface area contributed by atoms with Crippen molar-refractivity contribution in [2.75, 3.05) is 19.6 Å². The molecule has 0 bridgehead atoms. The van der Waals surface area contributed by atoms with Crippen LogP contribution in [0.4, 0.5) is 0 Å². The largest absolute Gasteiger partial charge is 0.342 e. The molecule has 4 nitrogen and oxygen atoms in total. The fourth-order valence-electron chi connectivity index (χ4n) is 1.12. The molecule has 1 amide bonds. The van der Waals surface area contributed by atoms with Crippen LogP contribution in [0, 0.1) is 17.2 Å². The van der Waals surface area contributed by atoms with E-state index in [9.17, 15) is 4.79 Å². The summed E-state index contributed by atoms with van der Waals surface area (Å²) in [6.07, 6.45) is 3.87. The lowest BCUT2D eigenvalue weighted by atomic mass is 10.3. The number of rotatable bonds is 6. The van der Waals surface area contributed by atoms with Crippen LogP contribution < -0.4 is 10.6 Å². The van der Waals surface area contributed by atoms with Gasteiger partial charge in [0.05, 0.1) is 12.6 Å². The Balaban J connectivity index is 1.86. The van der Waals surface area contributed by atoms with Gasteiger partial charge in [0.2, 0.25) is 5.91 Å². The van der Waals surface area contributed by atoms with Gasteiger partial charge in [-0.05, 0) is 18.9 Å². The number of amides is 1. The summed E-state index contributed by atoms with van der Waals surface area (Å²) in [5.41, 5.74) is 0. The number of nitriles is 1. The molecular weight excluding hydrogens is 166 g/mol. The molecule has 0 heterocycles. The van der Waals surface area contributed by atoms with Crippen molar-refractivity contribution in [3.05, 3.63) is 0 Å². The van der Waals surface area contributed by atoms with E-state index in [4.69, 9.17) is 5.26 Å². The first-order chi connectivity index (χ1) is 6.33. The highest BCUT2D eigenvalue weighted by Crippen LogP contribution is 2.31. The van der Waals surface area contributed by atoms with E-state index in [0.29, 0.717) is 6.54 Å². The van der Waals surface area contributed by atoms with Crippen LogP contribution in [0.15, 0.2) is 0 Å². The normalized spacial score (nSPS) is 15.0. The third-order valence-electron chi connectivity index (χ3n) is 2.08. The van der Waals surface area contributed by atoms with E-state index in [2.05, 4.69) is 10.6 Å². The smallest absolute Gasteiger partial charge is 0.234 e. The van der Waals surface area contributed by atoms with E-state index >= 15 is 0 Å². The molecule has 0 radical (unpaired) electrons. The second-order valence-corrected chi connectivity index (χ2v) is 3.34. The number of carbonyl (C=O) groups excluding carboxylic acids is 1. The fraction of sp³-hybridized carbons (Fsp3) is 0.778. The van der Waals surface area contributed by atoms with Gasteiger partial charge in [-0.3, -0.25) is 4.79 Å². The Morgan fingerprint density at radius 3 is 2.92 bits per heavy atom. The molecule has 0 aromatic rings. The molecule has 13 heavy (non-hydrogen) atoms. The minimum absolute atomic E-state index is 0.0997. The van der Waals surface area contributed by atoms with Gasteiger partial charge in [0.15, 0.2) is 0 Å². The summed E-state index contributed by atoms with van der Waals surface area (Å²) in [4.78, 5) is 10.9. The molecule has 1 aliphatic carbocycles. The highest BCUT2D eigenvalue weighted by Gasteiger charge is 2.19. The zero-order valence-corrected chi connectivity index (χ0v) is 7.68. The topological polar surface area (TPSA) is 64.9 Å². The Morgan fingerprint density at radius 2 is 2.31 bits per heavy atom. The van der Waals surface area contributed by atoms with Crippen molar-refractivity contribution >= 4 is 5.91 Å². The van der Waals surface area contributed by atoms with Crippen molar-refractivity contribution in [2.24, 2.45) is 5.92 Å². The van der Waals surface area contributed by atoms with Crippen LogP contribution in [0.2, 0.25) is 0 Å². The van der Waals surface area contributed by atoms with Gasteiger partial charge in [-0.1, -0.05) is 12.8 Å². The molecule has 0 unspecified atom stereocenters. The van der Waals surface area contributed by atoms with E-state index in [1.165, 1.54) is 19.3 Å². The second-order valence-electron chi connectivity index (χ2n) is 3.34. The van der Waals surface area contributed by atoms with Crippen LogP contribution in [0.1, 0.15) is 19.3 Å². The first-order valence-electron chi connectivity index (χ1n) is 4.67. The predicted octanol–water partition coefficient (Wildman–Crippen LogP) is 0.0159. The molecule has 1 saturated carbocycles. The lowest BCUT2D eigenvalue weighted by Crippen LogP contribution is -2.34. The van der Waals surface area contributed by atoms with Gasteiger partial charge >= 0.3 is 0 Å². The Bertz CT molecular complexity index is 205. The molecule has 1 rings (SSSR count). The van der Waals surface area contributed by atoms with Gasteiger partial charge in [-0.25, -0.2) is 0 Å². The predicted molar refractivity (Wildman–Crippen MR) is 48.8 cm³/mol. The molecule has 0 aromatic carbocycles. The number of carbonyl (C=O) groups is 1. The summed E-state index contributed by atoms with van der Waals surface area (Å²) in [6, 6.07) is 1.86. The first-order valence-corrected chi connectivity index (χ1v) is 4.67. The van der Waals surface area contributed by atoms with E-state index in [0.717, 1.165) is 12.5 Å². The molecule has 1 aliphatic rings. The summed E-state index contributed by atoms with van der Waals surface area (Å²) < 4.78 is 0. The average molecular weight is 181 g/mol. The fourth-order valence-corrected chi connectivity index (χ4v) is 1.12. The quantitative estimate of drug-likeness (QED) is 0.448. The Hall–Kier alpha value is -1.08. The molecule has 0 atom stereocenters. The molecule has 4 heteroatoms. The zero-order valence-electron chi connectivity index (χ0n) is 7.68. The summed E-state index contributed by atoms with van der Waals surface area (Å²) in [5.74, 6) is 0.798. The van der Waals surface area contributed by atoms with Gasteiger partial charge in [0.1, 0.15) is 6.54 Å². The van der Waals surface area contributed by atoms with Crippen LogP contribution >= 0.6 is 0 Å². The minimum Gasteiger partial charge on any atom is -0.342 e. The maximum absolute atomic E-state index is 10.9. The standard InChI is InChI=1S/C9H15N3O/c10-4-6-12-9(13)7-11-5-3-8-1-2-8/h8,11H,1-3,5-7H2,(H,12,13). The average Bonchev–Trinajstić information content (AvgIpc) is 2.92. The summed E-state index contributed by atoms with van der Waals surface area (Å²) in [5, 5.41) is 13.7. The van der Waals surface area contributed by atoms with Crippen LogP contribution in [-0.2, 0) is 4.79 Å². The second kappa shape index (κ2) is 5.55. The Kier molecular flexibility index (Phi) is 4.27. The first kappa shape index (κ1) is 10.0. The van der Waals surface area contributed by atoms with Crippen molar-refractivity contribution in [3.8, 4) is 6.07 Å². The minimum atomic E-state index is -0.0997. The van der Waals surface area contributed by atoms with Crippen molar-refractivity contribution in [3.63, 3.8) is 0 Å². The van der Waals surface area contributed by atoms with Gasteiger partial charge < -0.3 is 10.6 Å². The Labute approximate surface area is 78.3 Å². The van der Waals surface area contributed by atoms with Crippen LogP contribution in [0.5, 0.6) is 0 Å². The molecule has 1 fully saturated rings. The van der Waals surface area contributed by atoms with Crippen molar-refractivity contribution in [1.82, 2.24) is 10.6 Å². The van der Waals surface area contributed by atoms with E-state index in [1.807, 2.05) is 6.07 Å². The molecule has 0 aromatic heterocycles. The SMILES string of the molecule is N#CCNC(=O)CNCCC1CC1. The lowest BCUT2D eigenvalue weighted by Gasteiger charge is -2.02. The van der Waals surface area contributed by atoms with Gasteiger partial charge in [-0.15, -0.1) is 0 Å². The van der Waals surface area contributed by atoms with E-state index < -0.39 is 0 Å². The molecule has 0 saturated heterocycles. The van der Waals surface area contributed by atoms with Crippen molar-refractivity contribution < 1.29 is 4.79 Å². The number of nitrogens with one attached hydrogen (secondary N) is 2. The number of hydrogen-bond acceptors (Lipinski definition) is 3. The lowest BCUT2D eigenvalue weighted by molar-refractivity contribution is -0.120. The number of hydrogen-bond donors (Lipinski definition) is 2. The van der Waals surface area contributed by atoms with Crippen LogP contribution in [0.25, 0.3) is 0 Å². The van der Waals surface area contributed by atoms with Crippen LogP contribution in [-0.4, -0.2) is 25.5 Å². The highest BCUT2D eigenvalue weighted by molar-refractivity contribution is 5.78. The third kappa shape index (κ3) is 5.21. The molecule has 0 spiro atoms. The van der Waals surface area contributed by atoms with Crippen LogP contribution in [0.3, 0.4) is 0 Å². The van der Waals surface area contributed by atoms with Crippen molar-refractivity contribution in [2.45, 2.75) is 19.3 Å². The Morgan fingerprint density at radius 1 is 1.54 bits per heavy atom.